The zero-order valence-corrected chi connectivity index (χ0v) is 6.67. The molecule has 3 heteroatoms. The molecular weight excluding hydrogens is 196 g/mol. The van der Waals surface area contributed by atoms with E-state index in [1.54, 1.807) is 24.3 Å². The summed E-state index contributed by atoms with van der Waals surface area (Å²) < 4.78 is 4.69. The van der Waals surface area contributed by atoms with Crippen LogP contribution in [0.5, 0.6) is 5.75 Å². The first-order chi connectivity index (χ1) is 4.79. The summed E-state index contributed by atoms with van der Waals surface area (Å²) in [4.78, 5) is 9.83. The topological polar surface area (TPSA) is 26.3 Å². The van der Waals surface area contributed by atoms with E-state index in [1.165, 1.54) is 0 Å². The Morgan fingerprint density at radius 3 is 2.40 bits per heavy atom. The smallest absolute Gasteiger partial charge is 0.379 e. The Labute approximate surface area is 66.9 Å². The van der Waals surface area contributed by atoms with Crippen LogP contribution >= 0.6 is 15.9 Å². The van der Waals surface area contributed by atoms with Gasteiger partial charge in [-0.25, -0.2) is 4.79 Å². The minimum Gasteiger partial charge on any atom is -0.418 e. The molecule has 0 amide bonds. The number of halogens is 1. The van der Waals surface area contributed by atoms with Crippen LogP contribution in [-0.2, 0) is 0 Å². The standard InChI is InChI=1S/C7H5BrO2/c8-7(9)10-6-4-2-1-3-5-6/h1-5H. The molecule has 0 aromatic heterocycles. The number of carbonyl (C=O) groups is 1. The van der Waals surface area contributed by atoms with Gasteiger partial charge in [0.15, 0.2) is 0 Å². The Bertz CT molecular complexity index is 220. The van der Waals surface area contributed by atoms with Crippen LogP contribution in [-0.4, -0.2) is 4.88 Å². The molecule has 0 atom stereocenters. The predicted octanol–water partition coefficient (Wildman–Crippen LogP) is 2.58. The fourth-order valence-corrected chi connectivity index (χ4v) is 0.768. The third kappa shape index (κ3) is 2.19. The second-order valence-corrected chi connectivity index (χ2v) is 2.30. The number of benzene rings is 1. The Morgan fingerprint density at radius 1 is 1.30 bits per heavy atom. The molecule has 10 heavy (non-hydrogen) atoms. The molecular formula is C7H5BrO2. The van der Waals surface area contributed by atoms with Gasteiger partial charge >= 0.3 is 4.88 Å². The molecule has 0 radical (unpaired) electrons. The monoisotopic (exact) mass is 200 g/mol. The van der Waals surface area contributed by atoms with Crippen molar-refractivity contribution in [3.63, 3.8) is 0 Å². The highest BCUT2D eigenvalue weighted by Crippen LogP contribution is 2.09. The zero-order valence-electron chi connectivity index (χ0n) is 5.08. The first-order valence-corrected chi connectivity index (χ1v) is 3.51. The van der Waals surface area contributed by atoms with Crippen molar-refractivity contribution in [2.24, 2.45) is 0 Å². The minimum atomic E-state index is -0.473. The quantitative estimate of drug-likeness (QED) is 0.652. The molecule has 0 aliphatic heterocycles. The molecule has 0 unspecified atom stereocenters. The van der Waals surface area contributed by atoms with Gasteiger partial charge in [0.05, 0.1) is 0 Å². The van der Waals surface area contributed by atoms with Crippen LogP contribution in [0.4, 0.5) is 4.79 Å². The summed E-state index contributed by atoms with van der Waals surface area (Å²) in [5.41, 5.74) is 0. The molecule has 0 spiro atoms. The van der Waals surface area contributed by atoms with E-state index in [9.17, 15) is 4.79 Å². The lowest BCUT2D eigenvalue weighted by molar-refractivity contribution is 0.228. The van der Waals surface area contributed by atoms with Gasteiger partial charge in [-0.2, -0.15) is 0 Å². The minimum absolute atomic E-state index is 0.473. The van der Waals surface area contributed by atoms with Crippen molar-refractivity contribution in [2.75, 3.05) is 0 Å². The highest BCUT2D eigenvalue weighted by molar-refractivity contribution is 9.18. The highest BCUT2D eigenvalue weighted by atomic mass is 79.9. The molecule has 1 rings (SSSR count). The van der Waals surface area contributed by atoms with Crippen molar-refractivity contribution in [2.45, 2.75) is 0 Å². The molecule has 0 bridgehead atoms. The van der Waals surface area contributed by atoms with Crippen LogP contribution in [0.2, 0.25) is 0 Å². The van der Waals surface area contributed by atoms with Gasteiger partial charge in [0.1, 0.15) is 5.75 Å². The summed E-state index contributed by atoms with van der Waals surface area (Å²) in [5, 5.41) is 0. The average Bonchev–Trinajstić information content (AvgIpc) is 1.88. The molecule has 1 aromatic rings. The van der Waals surface area contributed by atoms with Crippen LogP contribution in [0, 0.1) is 0 Å². The summed E-state index contributed by atoms with van der Waals surface area (Å²) in [6, 6.07) is 8.86. The van der Waals surface area contributed by atoms with E-state index in [-0.39, 0.29) is 0 Å². The Hall–Kier alpha value is -0.830. The lowest BCUT2D eigenvalue weighted by Gasteiger charge is -1.96. The maximum Gasteiger partial charge on any atom is 0.379 e. The van der Waals surface area contributed by atoms with Gasteiger partial charge in [-0.3, -0.25) is 0 Å². The van der Waals surface area contributed by atoms with Crippen molar-refractivity contribution in [3.8, 4) is 5.75 Å². The van der Waals surface area contributed by atoms with Gasteiger partial charge in [-0.05, 0) is 12.1 Å². The molecule has 0 saturated carbocycles. The molecule has 0 aliphatic rings. The molecule has 0 saturated heterocycles. The third-order valence-corrected chi connectivity index (χ3v) is 1.10. The van der Waals surface area contributed by atoms with Gasteiger partial charge in [0.25, 0.3) is 0 Å². The van der Waals surface area contributed by atoms with E-state index in [0.29, 0.717) is 5.75 Å². The summed E-state index contributed by atoms with van der Waals surface area (Å²) in [6.45, 7) is 0. The summed E-state index contributed by atoms with van der Waals surface area (Å²) in [5.74, 6) is 0.546. The van der Waals surface area contributed by atoms with Gasteiger partial charge in [-0.15, -0.1) is 0 Å². The average molecular weight is 201 g/mol. The molecule has 0 fully saturated rings. The zero-order chi connectivity index (χ0) is 7.40. The number of ether oxygens (including phenoxy) is 1. The molecule has 1 aromatic carbocycles. The van der Waals surface area contributed by atoms with Crippen LogP contribution in [0.1, 0.15) is 0 Å². The van der Waals surface area contributed by atoms with Crippen LogP contribution < -0.4 is 4.74 Å². The summed E-state index contributed by atoms with van der Waals surface area (Å²) in [7, 11) is 0. The lowest BCUT2D eigenvalue weighted by Crippen LogP contribution is -1.94. The Balaban J connectivity index is 2.67. The van der Waals surface area contributed by atoms with E-state index in [0.717, 1.165) is 0 Å². The Kier molecular flexibility index (Phi) is 2.45. The largest absolute Gasteiger partial charge is 0.418 e. The van der Waals surface area contributed by atoms with E-state index < -0.39 is 4.88 Å². The second-order valence-electron chi connectivity index (χ2n) is 1.65. The number of carbonyl (C=O) groups excluding carboxylic acids is 1. The molecule has 0 heterocycles. The van der Waals surface area contributed by atoms with Crippen LogP contribution in [0.3, 0.4) is 0 Å². The van der Waals surface area contributed by atoms with Gasteiger partial charge < -0.3 is 4.74 Å². The molecule has 0 aliphatic carbocycles. The Morgan fingerprint density at radius 2 is 1.90 bits per heavy atom. The summed E-state index contributed by atoms with van der Waals surface area (Å²) in [6.07, 6.45) is 0. The SMILES string of the molecule is O=C(Br)Oc1ccccc1. The van der Waals surface area contributed by atoms with E-state index >= 15 is 0 Å². The predicted molar refractivity (Wildman–Crippen MR) is 41.4 cm³/mol. The lowest BCUT2D eigenvalue weighted by atomic mass is 10.3. The number of hydrogen-bond acceptors (Lipinski definition) is 2. The first-order valence-electron chi connectivity index (χ1n) is 2.71. The maximum absolute atomic E-state index is 10.3. The number of para-hydroxylation sites is 1. The van der Waals surface area contributed by atoms with Gasteiger partial charge in [0, 0.05) is 15.9 Å². The van der Waals surface area contributed by atoms with Crippen molar-refractivity contribution in [1.82, 2.24) is 0 Å². The fraction of sp³-hybridized carbons (Fsp3) is 0. The van der Waals surface area contributed by atoms with Gasteiger partial charge in [0.2, 0.25) is 0 Å². The molecule has 2 nitrogen and oxygen atoms in total. The molecule has 0 N–H and O–H groups in total. The van der Waals surface area contributed by atoms with Crippen molar-refractivity contribution < 1.29 is 9.53 Å². The highest BCUT2D eigenvalue weighted by Gasteiger charge is 1.95. The number of hydrogen-bond donors (Lipinski definition) is 0. The van der Waals surface area contributed by atoms with Gasteiger partial charge in [-0.1, -0.05) is 18.2 Å². The van der Waals surface area contributed by atoms with E-state index in [4.69, 9.17) is 4.74 Å². The molecule has 52 valence electrons. The van der Waals surface area contributed by atoms with Crippen molar-refractivity contribution >= 4 is 20.8 Å². The number of rotatable bonds is 1. The second kappa shape index (κ2) is 3.37. The van der Waals surface area contributed by atoms with Crippen molar-refractivity contribution in [3.05, 3.63) is 30.3 Å². The van der Waals surface area contributed by atoms with E-state index in [2.05, 4.69) is 15.9 Å². The van der Waals surface area contributed by atoms with Crippen molar-refractivity contribution in [1.29, 1.82) is 0 Å². The fourth-order valence-electron chi connectivity index (χ4n) is 0.581. The van der Waals surface area contributed by atoms with Crippen LogP contribution in [0.25, 0.3) is 0 Å². The first kappa shape index (κ1) is 7.28. The normalized spacial score (nSPS) is 8.90. The maximum atomic E-state index is 10.3. The summed E-state index contributed by atoms with van der Waals surface area (Å²) >= 11 is 2.65. The third-order valence-electron chi connectivity index (χ3n) is 0.941. The van der Waals surface area contributed by atoms with Crippen LogP contribution in [0.15, 0.2) is 30.3 Å². The van der Waals surface area contributed by atoms with E-state index in [1.807, 2.05) is 6.07 Å².